The van der Waals surface area contributed by atoms with Gasteiger partial charge in [0.25, 0.3) is 0 Å². The van der Waals surface area contributed by atoms with Gasteiger partial charge < -0.3 is 9.63 Å². The Morgan fingerprint density at radius 3 is 2.65 bits per heavy atom. The summed E-state index contributed by atoms with van der Waals surface area (Å²) < 4.78 is 5.31. The number of fused-ring (bicyclic) bond motifs is 1. The van der Waals surface area contributed by atoms with Gasteiger partial charge in [-0.1, -0.05) is 30.8 Å². The lowest BCUT2D eigenvalue weighted by Crippen LogP contribution is -1.97. The van der Waals surface area contributed by atoms with Gasteiger partial charge in [-0.25, -0.2) is 0 Å². The van der Waals surface area contributed by atoms with E-state index in [4.69, 9.17) is 4.52 Å². The van der Waals surface area contributed by atoms with E-state index in [-0.39, 0.29) is 5.75 Å². The molecule has 1 aliphatic carbocycles. The third kappa shape index (κ3) is 2.02. The molecule has 2 aromatic rings. The highest BCUT2D eigenvalue weighted by Crippen LogP contribution is 2.35. The quantitative estimate of drug-likeness (QED) is 0.755. The first-order valence-corrected chi connectivity index (χ1v) is 6.43. The number of phenolic OH excluding ortho intramolecular Hbond substituents is 1. The van der Waals surface area contributed by atoms with Gasteiger partial charge in [-0.2, -0.15) is 0 Å². The van der Waals surface area contributed by atoms with Crippen LogP contribution in [-0.4, -0.2) is 10.3 Å². The zero-order valence-electron chi connectivity index (χ0n) is 9.85. The van der Waals surface area contributed by atoms with Crippen molar-refractivity contribution in [1.29, 1.82) is 0 Å². The van der Waals surface area contributed by atoms with Crippen LogP contribution in [0.1, 0.15) is 50.1 Å². The first-order valence-electron chi connectivity index (χ1n) is 6.43. The molecule has 1 N–H and O–H groups in total. The Kier molecular flexibility index (Phi) is 2.75. The molecule has 0 spiro atoms. The molecule has 1 aromatic carbocycles. The highest BCUT2D eigenvalue weighted by Gasteiger charge is 2.20. The fraction of sp³-hybridized carbons (Fsp3) is 0.500. The SMILES string of the molecule is Oc1ccc2c(C3CCCCCC3)noc2c1. The van der Waals surface area contributed by atoms with Crippen molar-refractivity contribution < 1.29 is 9.63 Å². The normalized spacial score (nSPS) is 18.4. The minimum absolute atomic E-state index is 0.237. The van der Waals surface area contributed by atoms with Crippen LogP contribution in [-0.2, 0) is 0 Å². The summed E-state index contributed by atoms with van der Waals surface area (Å²) in [5.74, 6) is 0.768. The molecule has 1 heterocycles. The van der Waals surface area contributed by atoms with Crippen molar-refractivity contribution >= 4 is 11.0 Å². The summed E-state index contributed by atoms with van der Waals surface area (Å²) in [6.45, 7) is 0. The number of aromatic nitrogens is 1. The van der Waals surface area contributed by atoms with Crippen LogP contribution >= 0.6 is 0 Å². The maximum atomic E-state index is 9.41. The van der Waals surface area contributed by atoms with E-state index in [0.29, 0.717) is 11.5 Å². The molecule has 0 unspecified atom stereocenters. The lowest BCUT2D eigenvalue weighted by atomic mass is 9.94. The Hall–Kier alpha value is -1.51. The summed E-state index contributed by atoms with van der Waals surface area (Å²) in [6.07, 6.45) is 7.68. The van der Waals surface area contributed by atoms with E-state index in [9.17, 15) is 5.11 Å². The maximum absolute atomic E-state index is 9.41. The molecule has 1 aromatic heterocycles. The first kappa shape index (κ1) is 10.6. The van der Waals surface area contributed by atoms with E-state index in [1.54, 1.807) is 12.1 Å². The number of aromatic hydroxyl groups is 1. The van der Waals surface area contributed by atoms with Gasteiger partial charge in [0.2, 0.25) is 0 Å². The van der Waals surface area contributed by atoms with Crippen LogP contribution in [0.25, 0.3) is 11.0 Å². The summed E-state index contributed by atoms with van der Waals surface area (Å²) >= 11 is 0. The van der Waals surface area contributed by atoms with Crippen molar-refractivity contribution in [2.24, 2.45) is 0 Å². The van der Waals surface area contributed by atoms with Crippen LogP contribution in [0.3, 0.4) is 0 Å². The summed E-state index contributed by atoms with van der Waals surface area (Å²) in [6, 6.07) is 5.27. The molecule has 0 radical (unpaired) electrons. The van der Waals surface area contributed by atoms with E-state index in [0.717, 1.165) is 11.1 Å². The number of rotatable bonds is 1. The fourth-order valence-corrected chi connectivity index (χ4v) is 2.79. The van der Waals surface area contributed by atoms with Gasteiger partial charge in [0, 0.05) is 17.4 Å². The molecule has 0 aliphatic heterocycles. The van der Waals surface area contributed by atoms with Gasteiger partial charge in [-0.05, 0) is 25.0 Å². The molecule has 1 aliphatic rings. The molecule has 0 saturated heterocycles. The Labute approximate surface area is 100 Å². The summed E-state index contributed by atoms with van der Waals surface area (Å²) in [5, 5.41) is 14.7. The average Bonchev–Trinajstić information content (AvgIpc) is 2.57. The summed E-state index contributed by atoms with van der Waals surface area (Å²) in [7, 11) is 0. The molecule has 3 rings (SSSR count). The monoisotopic (exact) mass is 231 g/mol. The molecular weight excluding hydrogens is 214 g/mol. The number of phenols is 1. The van der Waals surface area contributed by atoms with Crippen LogP contribution in [0.5, 0.6) is 5.75 Å². The predicted molar refractivity (Wildman–Crippen MR) is 66.1 cm³/mol. The Balaban J connectivity index is 1.98. The van der Waals surface area contributed by atoms with Gasteiger partial charge in [-0.3, -0.25) is 0 Å². The van der Waals surface area contributed by atoms with E-state index in [1.807, 2.05) is 6.07 Å². The minimum Gasteiger partial charge on any atom is -0.508 e. The summed E-state index contributed by atoms with van der Waals surface area (Å²) in [5.41, 5.74) is 1.78. The molecule has 0 amide bonds. The van der Waals surface area contributed by atoms with Crippen molar-refractivity contribution in [1.82, 2.24) is 5.16 Å². The highest BCUT2D eigenvalue weighted by molar-refractivity contribution is 5.81. The smallest absolute Gasteiger partial charge is 0.170 e. The topological polar surface area (TPSA) is 46.3 Å². The highest BCUT2D eigenvalue weighted by atomic mass is 16.5. The van der Waals surface area contributed by atoms with E-state index >= 15 is 0 Å². The third-order valence-corrected chi connectivity index (χ3v) is 3.73. The molecule has 90 valence electrons. The minimum atomic E-state index is 0.237. The molecule has 3 nitrogen and oxygen atoms in total. The molecule has 1 saturated carbocycles. The predicted octanol–water partition coefficient (Wildman–Crippen LogP) is 3.97. The van der Waals surface area contributed by atoms with Gasteiger partial charge in [0.1, 0.15) is 5.75 Å². The van der Waals surface area contributed by atoms with Crippen LogP contribution in [0.15, 0.2) is 22.7 Å². The van der Waals surface area contributed by atoms with Crippen molar-refractivity contribution in [3.05, 3.63) is 23.9 Å². The van der Waals surface area contributed by atoms with Crippen LogP contribution in [0.4, 0.5) is 0 Å². The number of benzene rings is 1. The number of nitrogens with zero attached hydrogens (tertiary/aromatic N) is 1. The zero-order valence-corrected chi connectivity index (χ0v) is 9.85. The zero-order chi connectivity index (χ0) is 11.7. The lowest BCUT2D eigenvalue weighted by Gasteiger charge is -2.10. The van der Waals surface area contributed by atoms with Crippen LogP contribution in [0, 0.1) is 0 Å². The van der Waals surface area contributed by atoms with E-state index in [1.165, 1.54) is 38.5 Å². The largest absolute Gasteiger partial charge is 0.508 e. The van der Waals surface area contributed by atoms with Crippen molar-refractivity contribution in [3.8, 4) is 5.75 Å². The van der Waals surface area contributed by atoms with Crippen molar-refractivity contribution in [3.63, 3.8) is 0 Å². The van der Waals surface area contributed by atoms with Crippen molar-refractivity contribution in [2.45, 2.75) is 44.4 Å². The number of hydrogen-bond donors (Lipinski definition) is 1. The number of hydrogen-bond acceptors (Lipinski definition) is 3. The Morgan fingerprint density at radius 1 is 1.12 bits per heavy atom. The second-order valence-corrected chi connectivity index (χ2v) is 4.94. The molecule has 0 atom stereocenters. The third-order valence-electron chi connectivity index (χ3n) is 3.73. The average molecular weight is 231 g/mol. The van der Waals surface area contributed by atoms with Gasteiger partial charge in [-0.15, -0.1) is 0 Å². The first-order chi connectivity index (χ1) is 8.34. The van der Waals surface area contributed by atoms with Crippen LogP contribution in [0.2, 0.25) is 0 Å². The molecule has 0 bridgehead atoms. The van der Waals surface area contributed by atoms with Crippen LogP contribution < -0.4 is 0 Å². The van der Waals surface area contributed by atoms with E-state index in [2.05, 4.69) is 5.16 Å². The lowest BCUT2D eigenvalue weighted by molar-refractivity contribution is 0.426. The Morgan fingerprint density at radius 2 is 1.88 bits per heavy atom. The molecule has 3 heteroatoms. The Bertz CT molecular complexity index is 510. The fourth-order valence-electron chi connectivity index (χ4n) is 2.79. The second-order valence-electron chi connectivity index (χ2n) is 4.94. The van der Waals surface area contributed by atoms with Gasteiger partial charge in [0.05, 0.1) is 5.69 Å². The van der Waals surface area contributed by atoms with Gasteiger partial charge in [0.15, 0.2) is 5.58 Å². The summed E-state index contributed by atoms with van der Waals surface area (Å²) in [4.78, 5) is 0. The van der Waals surface area contributed by atoms with Gasteiger partial charge >= 0.3 is 0 Å². The van der Waals surface area contributed by atoms with E-state index < -0.39 is 0 Å². The van der Waals surface area contributed by atoms with Crippen molar-refractivity contribution in [2.75, 3.05) is 0 Å². The second kappa shape index (κ2) is 4.40. The maximum Gasteiger partial charge on any atom is 0.170 e. The molecule has 17 heavy (non-hydrogen) atoms. The standard InChI is InChI=1S/C14H17NO2/c16-11-7-8-12-13(9-11)17-15-14(12)10-5-3-1-2-4-6-10/h7-10,16H,1-6H2. The molecular formula is C14H17NO2. The molecule has 1 fully saturated rings.